The van der Waals surface area contributed by atoms with Gasteiger partial charge in [0.25, 0.3) is 0 Å². The molecule has 0 saturated heterocycles. The summed E-state index contributed by atoms with van der Waals surface area (Å²) in [4.78, 5) is 14.9. The van der Waals surface area contributed by atoms with Crippen molar-refractivity contribution in [2.45, 2.75) is 6.92 Å². The molecule has 2 heterocycles. The third-order valence-corrected chi connectivity index (χ3v) is 2.24. The maximum atomic E-state index is 10.9. The molecule has 0 aliphatic rings. The van der Waals surface area contributed by atoms with Gasteiger partial charge in [-0.1, -0.05) is 0 Å². The fourth-order valence-electron chi connectivity index (χ4n) is 1.47. The van der Waals surface area contributed by atoms with E-state index in [2.05, 4.69) is 4.98 Å². The van der Waals surface area contributed by atoms with Crippen LogP contribution in [0.25, 0.3) is 5.69 Å². The number of hydrogen-bond acceptors (Lipinski definition) is 2. The molecule has 2 aromatic rings. The van der Waals surface area contributed by atoms with Gasteiger partial charge in [0.2, 0.25) is 0 Å². The molecular weight excluding hydrogens is 192 g/mol. The number of hydrogen-bond donors (Lipinski definition) is 1. The topological polar surface area (TPSA) is 55.1 Å². The van der Waals surface area contributed by atoms with E-state index in [0.29, 0.717) is 0 Å². The number of nitrogens with zero attached hydrogens (tertiary/aromatic N) is 2. The monoisotopic (exact) mass is 202 g/mol. The van der Waals surface area contributed by atoms with Crippen LogP contribution in [0.3, 0.4) is 0 Å². The van der Waals surface area contributed by atoms with Gasteiger partial charge in [-0.2, -0.15) is 0 Å². The number of carboxylic acids is 1. The molecule has 0 aliphatic heterocycles. The van der Waals surface area contributed by atoms with E-state index < -0.39 is 5.97 Å². The fourth-order valence-corrected chi connectivity index (χ4v) is 1.47. The molecule has 0 saturated carbocycles. The van der Waals surface area contributed by atoms with Crippen LogP contribution in [0.2, 0.25) is 0 Å². The van der Waals surface area contributed by atoms with Crippen molar-refractivity contribution < 1.29 is 9.90 Å². The zero-order valence-electron chi connectivity index (χ0n) is 8.21. The van der Waals surface area contributed by atoms with Crippen molar-refractivity contribution in [1.29, 1.82) is 0 Å². The Bertz CT molecular complexity index is 503. The highest BCUT2D eigenvalue weighted by atomic mass is 16.4. The van der Waals surface area contributed by atoms with E-state index in [1.807, 2.05) is 13.0 Å². The second kappa shape index (κ2) is 3.57. The molecule has 2 aromatic heterocycles. The van der Waals surface area contributed by atoms with Crippen LogP contribution < -0.4 is 0 Å². The third-order valence-electron chi connectivity index (χ3n) is 2.24. The smallest absolute Gasteiger partial charge is 0.352 e. The molecule has 0 atom stereocenters. The SMILES string of the molecule is Cc1ccncc1-n1cccc1C(=O)O. The lowest BCUT2D eigenvalue weighted by Gasteiger charge is -2.08. The number of aryl methyl sites for hydroxylation is 1. The second-order valence-corrected chi connectivity index (χ2v) is 3.23. The number of carbonyl (C=O) groups is 1. The largest absolute Gasteiger partial charge is 0.477 e. The lowest BCUT2D eigenvalue weighted by molar-refractivity contribution is 0.0688. The van der Waals surface area contributed by atoms with Gasteiger partial charge >= 0.3 is 5.97 Å². The molecule has 0 aliphatic carbocycles. The molecule has 0 spiro atoms. The number of aromatic carboxylic acids is 1. The molecule has 4 nitrogen and oxygen atoms in total. The Labute approximate surface area is 86.8 Å². The van der Waals surface area contributed by atoms with E-state index >= 15 is 0 Å². The van der Waals surface area contributed by atoms with Crippen LogP contribution in [0, 0.1) is 6.92 Å². The predicted molar refractivity (Wildman–Crippen MR) is 55.3 cm³/mol. The lowest BCUT2D eigenvalue weighted by atomic mass is 10.2. The Hall–Kier alpha value is -2.10. The summed E-state index contributed by atoms with van der Waals surface area (Å²) < 4.78 is 1.62. The standard InChI is InChI=1S/C11H10N2O2/c1-8-4-5-12-7-10(8)13-6-2-3-9(13)11(14)15/h2-7H,1H3,(H,14,15). The summed E-state index contributed by atoms with van der Waals surface area (Å²) in [6.07, 6.45) is 5.05. The highest BCUT2D eigenvalue weighted by Crippen LogP contribution is 2.15. The maximum absolute atomic E-state index is 10.9. The van der Waals surface area contributed by atoms with Gasteiger partial charge in [0.1, 0.15) is 5.69 Å². The summed E-state index contributed by atoms with van der Waals surface area (Å²) in [6, 6.07) is 5.12. The summed E-state index contributed by atoms with van der Waals surface area (Å²) >= 11 is 0. The van der Waals surface area contributed by atoms with Crippen LogP contribution in [-0.4, -0.2) is 20.6 Å². The fraction of sp³-hybridized carbons (Fsp3) is 0.0909. The molecule has 0 fully saturated rings. The molecule has 76 valence electrons. The van der Waals surface area contributed by atoms with Crippen LogP contribution >= 0.6 is 0 Å². The zero-order chi connectivity index (χ0) is 10.8. The minimum absolute atomic E-state index is 0.242. The lowest BCUT2D eigenvalue weighted by Crippen LogP contribution is -2.06. The van der Waals surface area contributed by atoms with Crippen molar-refractivity contribution in [2.24, 2.45) is 0 Å². The van der Waals surface area contributed by atoms with Gasteiger partial charge in [0.05, 0.1) is 11.9 Å². The summed E-state index contributed by atoms with van der Waals surface area (Å²) in [5.74, 6) is -0.941. The number of aromatic nitrogens is 2. The van der Waals surface area contributed by atoms with Crippen molar-refractivity contribution >= 4 is 5.97 Å². The summed E-state index contributed by atoms with van der Waals surface area (Å²) in [5.41, 5.74) is 2.02. The molecule has 15 heavy (non-hydrogen) atoms. The summed E-state index contributed by atoms with van der Waals surface area (Å²) in [5, 5.41) is 8.97. The second-order valence-electron chi connectivity index (χ2n) is 3.23. The minimum Gasteiger partial charge on any atom is -0.477 e. The van der Waals surface area contributed by atoms with Gasteiger partial charge in [-0.25, -0.2) is 4.79 Å². The van der Waals surface area contributed by atoms with Crippen LogP contribution in [0.15, 0.2) is 36.8 Å². The van der Waals surface area contributed by atoms with Gasteiger partial charge in [0.15, 0.2) is 0 Å². The van der Waals surface area contributed by atoms with E-state index in [1.54, 1.807) is 35.3 Å². The van der Waals surface area contributed by atoms with Crippen molar-refractivity contribution in [3.8, 4) is 5.69 Å². The number of carboxylic acid groups (broad SMARTS) is 1. The minimum atomic E-state index is -0.941. The Morgan fingerprint density at radius 3 is 2.93 bits per heavy atom. The van der Waals surface area contributed by atoms with Gasteiger partial charge in [0, 0.05) is 12.4 Å². The quantitative estimate of drug-likeness (QED) is 0.808. The van der Waals surface area contributed by atoms with Crippen LogP contribution in [0.5, 0.6) is 0 Å². The molecule has 0 aromatic carbocycles. The van der Waals surface area contributed by atoms with Crippen molar-refractivity contribution in [3.63, 3.8) is 0 Å². The normalized spacial score (nSPS) is 10.2. The van der Waals surface area contributed by atoms with Gasteiger partial charge < -0.3 is 9.67 Å². The summed E-state index contributed by atoms with van der Waals surface area (Å²) in [7, 11) is 0. The maximum Gasteiger partial charge on any atom is 0.352 e. The number of rotatable bonds is 2. The van der Waals surface area contributed by atoms with Crippen molar-refractivity contribution in [2.75, 3.05) is 0 Å². The Balaban J connectivity index is 2.59. The molecule has 0 amide bonds. The highest BCUT2D eigenvalue weighted by molar-refractivity contribution is 5.86. The third kappa shape index (κ3) is 1.61. The first-order valence-corrected chi connectivity index (χ1v) is 4.52. The van der Waals surface area contributed by atoms with Gasteiger partial charge in [-0.3, -0.25) is 4.98 Å². The van der Waals surface area contributed by atoms with Crippen LogP contribution in [-0.2, 0) is 0 Å². The van der Waals surface area contributed by atoms with Crippen LogP contribution in [0.4, 0.5) is 0 Å². The first-order valence-electron chi connectivity index (χ1n) is 4.52. The highest BCUT2D eigenvalue weighted by Gasteiger charge is 2.11. The molecule has 1 N–H and O–H groups in total. The first-order chi connectivity index (χ1) is 7.20. The molecule has 2 rings (SSSR count). The van der Waals surface area contributed by atoms with E-state index in [4.69, 9.17) is 5.11 Å². The Morgan fingerprint density at radius 2 is 2.27 bits per heavy atom. The molecular formula is C11H10N2O2. The van der Waals surface area contributed by atoms with Gasteiger partial charge in [-0.15, -0.1) is 0 Å². The zero-order valence-corrected chi connectivity index (χ0v) is 8.21. The molecule has 0 radical (unpaired) electrons. The van der Waals surface area contributed by atoms with E-state index in [-0.39, 0.29) is 5.69 Å². The average Bonchev–Trinajstić information content (AvgIpc) is 2.67. The molecule has 4 heteroatoms. The van der Waals surface area contributed by atoms with Gasteiger partial charge in [-0.05, 0) is 30.7 Å². The van der Waals surface area contributed by atoms with Crippen molar-refractivity contribution in [1.82, 2.24) is 9.55 Å². The Kier molecular flexibility index (Phi) is 2.25. The molecule has 0 unspecified atom stereocenters. The van der Waals surface area contributed by atoms with E-state index in [9.17, 15) is 4.79 Å². The van der Waals surface area contributed by atoms with E-state index in [0.717, 1.165) is 11.3 Å². The van der Waals surface area contributed by atoms with Crippen molar-refractivity contribution in [3.05, 3.63) is 48.0 Å². The van der Waals surface area contributed by atoms with E-state index in [1.165, 1.54) is 0 Å². The number of pyridine rings is 1. The predicted octanol–water partition coefficient (Wildman–Crippen LogP) is 1.88. The average molecular weight is 202 g/mol. The first kappa shape index (κ1) is 9.45. The molecule has 0 bridgehead atoms. The van der Waals surface area contributed by atoms with Crippen LogP contribution in [0.1, 0.15) is 16.1 Å². The summed E-state index contributed by atoms with van der Waals surface area (Å²) in [6.45, 7) is 1.92. The Morgan fingerprint density at radius 1 is 1.47 bits per heavy atom.